The summed E-state index contributed by atoms with van der Waals surface area (Å²) in [6, 6.07) is 10.1. The largest absolute Gasteiger partial charge is 0.467 e. The van der Waals surface area contributed by atoms with Gasteiger partial charge in [-0.3, -0.25) is 0 Å². The van der Waals surface area contributed by atoms with Gasteiger partial charge in [0.15, 0.2) is 17.6 Å². The van der Waals surface area contributed by atoms with Crippen molar-refractivity contribution in [3.05, 3.63) is 77.4 Å². The maximum atomic E-state index is 13.3. The van der Waals surface area contributed by atoms with Crippen molar-refractivity contribution in [1.29, 1.82) is 0 Å². The number of aryl methyl sites for hydroxylation is 1. The first-order chi connectivity index (χ1) is 21.0. The van der Waals surface area contributed by atoms with Crippen molar-refractivity contribution in [3.63, 3.8) is 0 Å². The second-order valence-corrected chi connectivity index (χ2v) is 13.3. The lowest BCUT2D eigenvalue weighted by Crippen LogP contribution is -2.41. The number of piperidine rings is 1. The molecule has 0 amide bonds. The van der Waals surface area contributed by atoms with Gasteiger partial charge in [0.05, 0.1) is 30.7 Å². The number of aromatic nitrogens is 5. The zero-order chi connectivity index (χ0) is 31.1. The zero-order valence-corrected chi connectivity index (χ0v) is 26.5. The molecule has 7 rings (SSSR count). The summed E-state index contributed by atoms with van der Waals surface area (Å²) in [5.74, 6) is 1.82. The van der Waals surface area contributed by atoms with Crippen LogP contribution < -0.4 is 9.64 Å². The molecule has 232 valence electrons. The zero-order valence-electron chi connectivity index (χ0n) is 26.5. The van der Waals surface area contributed by atoms with Gasteiger partial charge >= 0.3 is 5.97 Å². The maximum absolute atomic E-state index is 13.3. The number of fused-ring (bicyclic) bond motifs is 5. The number of carbonyl (C=O) groups is 1. The lowest BCUT2D eigenvalue weighted by molar-refractivity contribution is -0.164. The minimum Gasteiger partial charge on any atom is -0.467 e. The van der Waals surface area contributed by atoms with Crippen LogP contribution in [0.1, 0.15) is 81.9 Å². The minimum atomic E-state index is -0.962. The van der Waals surface area contributed by atoms with Gasteiger partial charge in [0.2, 0.25) is 0 Å². The first kappa shape index (κ1) is 29.9. The molecule has 3 aliphatic rings. The smallest absolute Gasteiger partial charge is 0.339 e. The van der Waals surface area contributed by atoms with Crippen molar-refractivity contribution in [1.82, 2.24) is 24.4 Å². The molecule has 44 heavy (non-hydrogen) atoms. The summed E-state index contributed by atoms with van der Waals surface area (Å²) in [6.45, 7) is 11.7. The van der Waals surface area contributed by atoms with Crippen LogP contribution in [0.25, 0.3) is 11.5 Å². The number of esters is 1. The summed E-state index contributed by atoms with van der Waals surface area (Å²) in [5.41, 5.74) is 3.83. The van der Waals surface area contributed by atoms with Crippen LogP contribution >= 0.6 is 0 Å². The molecule has 3 aromatic heterocycles. The maximum Gasteiger partial charge on any atom is 0.339 e. The van der Waals surface area contributed by atoms with E-state index in [1.807, 2.05) is 69.1 Å². The van der Waals surface area contributed by atoms with Gasteiger partial charge in [-0.05, 0) is 88.1 Å². The Morgan fingerprint density at radius 3 is 2.66 bits per heavy atom. The second-order valence-electron chi connectivity index (χ2n) is 13.3. The number of hydrogen-bond donors (Lipinski definition) is 0. The molecule has 0 unspecified atom stereocenters. The Hall–Kier alpha value is -4.18. The van der Waals surface area contributed by atoms with E-state index in [-0.39, 0.29) is 5.41 Å². The van der Waals surface area contributed by atoms with Gasteiger partial charge in [-0.1, -0.05) is 19.1 Å². The highest BCUT2D eigenvalue weighted by atomic mass is 16.6. The number of allylic oxidation sites excluding steroid dienone is 1. The summed E-state index contributed by atoms with van der Waals surface area (Å²) >= 11 is 0. The van der Waals surface area contributed by atoms with Crippen molar-refractivity contribution >= 4 is 17.4 Å². The van der Waals surface area contributed by atoms with Gasteiger partial charge < -0.3 is 19.1 Å². The van der Waals surface area contributed by atoms with Crippen LogP contribution in [0.3, 0.4) is 0 Å². The number of carbonyl (C=O) groups excluding carboxylic acids is 1. The van der Waals surface area contributed by atoms with Crippen molar-refractivity contribution < 1.29 is 19.0 Å². The molecular formula is C34H42N6O4. The van der Waals surface area contributed by atoms with E-state index in [2.05, 4.69) is 35.1 Å². The highest BCUT2D eigenvalue weighted by Crippen LogP contribution is 2.41. The lowest BCUT2D eigenvalue weighted by atomic mass is 9.76. The van der Waals surface area contributed by atoms with Crippen molar-refractivity contribution in [3.8, 4) is 11.6 Å². The molecular weight excluding hydrogens is 556 g/mol. The van der Waals surface area contributed by atoms with E-state index in [0.717, 1.165) is 61.5 Å². The fraction of sp³-hybridized carbons (Fsp3) is 0.471. The molecule has 10 nitrogen and oxygen atoms in total. The molecule has 0 spiro atoms. The molecule has 10 heteroatoms. The highest BCUT2D eigenvalue weighted by molar-refractivity contribution is 5.80. The lowest BCUT2D eigenvalue weighted by Gasteiger charge is -2.41. The van der Waals surface area contributed by atoms with E-state index >= 15 is 0 Å². The number of rotatable bonds is 3. The number of hydrogen-bond acceptors (Lipinski definition) is 8. The molecule has 0 N–H and O–H groups in total. The van der Waals surface area contributed by atoms with Crippen LogP contribution in [0.2, 0.25) is 0 Å². The number of methoxy groups -OCH3 is 1. The van der Waals surface area contributed by atoms with Crippen molar-refractivity contribution in [2.75, 3.05) is 25.1 Å². The Bertz CT molecular complexity index is 1690. The third-order valence-electron chi connectivity index (χ3n) is 8.60. The standard InChI is InChI=1S/C34H42N6O4/c1-23-29(30(32(41)42-6)44-33(2,3)4)31-38-15-13-34(5,14-16-38)12-7-8-17-43-26-11-9-10-24(19-26)18-25-21-35-39(22-25)28-20-27(36-23)40(31)37-28/h8-11,17,19-22,30H,7,12-16,18H2,1-6H3/b17-8-/t30-/m0/s1. The van der Waals surface area contributed by atoms with Crippen LogP contribution in [0.4, 0.5) is 5.82 Å². The fourth-order valence-corrected chi connectivity index (χ4v) is 6.19. The average Bonchev–Trinajstić information content (AvgIpc) is 3.62. The minimum absolute atomic E-state index is 0.174. The Labute approximate surface area is 258 Å². The van der Waals surface area contributed by atoms with Crippen LogP contribution in [0.5, 0.6) is 5.75 Å². The molecule has 6 heterocycles. The fourth-order valence-electron chi connectivity index (χ4n) is 6.19. The topological polar surface area (TPSA) is 96.0 Å². The van der Waals surface area contributed by atoms with Gasteiger partial charge in [-0.2, -0.15) is 9.61 Å². The Kier molecular flexibility index (Phi) is 7.96. The number of ether oxygens (including phenoxy) is 3. The summed E-state index contributed by atoms with van der Waals surface area (Å²) in [7, 11) is 1.39. The van der Waals surface area contributed by atoms with Crippen LogP contribution in [0.15, 0.2) is 55.1 Å². The first-order valence-electron chi connectivity index (χ1n) is 15.4. The molecule has 4 aromatic rings. The van der Waals surface area contributed by atoms with E-state index in [1.54, 1.807) is 4.68 Å². The molecule has 1 saturated heterocycles. The number of anilines is 1. The predicted octanol–water partition coefficient (Wildman–Crippen LogP) is 6.14. The average molecular weight is 599 g/mol. The molecule has 1 aromatic carbocycles. The van der Waals surface area contributed by atoms with E-state index in [9.17, 15) is 4.79 Å². The van der Waals surface area contributed by atoms with Gasteiger partial charge in [-0.15, -0.1) is 5.10 Å². The SMILES string of the molecule is COC(=O)[C@@H](OC(C)(C)C)c1c(C)nc2cc3nn2c1N1CCC(C)(CC/C=C\Oc2cccc(c2)Cc2cnn-3c2)CC1. The quantitative estimate of drug-likeness (QED) is 0.260. The third-order valence-corrected chi connectivity index (χ3v) is 8.60. The second kappa shape index (κ2) is 11.7. The molecule has 8 bridgehead atoms. The number of benzene rings is 1. The molecule has 0 saturated carbocycles. The molecule has 1 fully saturated rings. The summed E-state index contributed by atoms with van der Waals surface area (Å²) in [6.07, 6.45) is 11.5. The molecule has 0 radical (unpaired) electrons. The molecule has 3 aliphatic heterocycles. The Balaban J connectivity index is 1.50. The Morgan fingerprint density at radius 2 is 1.91 bits per heavy atom. The van der Waals surface area contributed by atoms with Crippen LogP contribution in [0, 0.1) is 12.3 Å². The van der Waals surface area contributed by atoms with Crippen LogP contribution in [-0.2, 0) is 20.7 Å². The normalized spacial score (nSPS) is 18.2. The number of nitrogens with zero attached hydrogens (tertiary/aromatic N) is 6. The summed E-state index contributed by atoms with van der Waals surface area (Å²) < 4.78 is 21.2. The van der Waals surface area contributed by atoms with Crippen molar-refractivity contribution in [2.45, 2.75) is 78.4 Å². The predicted molar refractivity (Wildman–Crippen MR) is 168 cm³/mol. The summed E-state index contributed by atoms with van der Waals surface area (Å²) in [4.78, 5) is 20.6. The van der Waals surface area contributed by atoms with Crippen LogP contribution in [-0.4, -0.2) is 56.1 Å². The van der Waals surface area contributed by atoms with Gasteiger partial charge in [0, 0.05) is 37.5 Å². The van der Waals surface area contributed by atoms with Gasteiger partial charge in [-0.25, -0.2) is 14.5 Å². The highest BCUT2D eigenvalue weighted by Gasteiger charge is 2.37. The van der Waals surface area contributed by atoms with E-state index < -0.39 is 17.7 Å². The van der Waals surface area contributed by atoms with Crippen molar-refractivity contribution in [2.24, 2.45) is 5.41 Å². The first-order valence-corrected chi connectivity index (χ1v) is 15.4. The molecule has 0 aliphatic carbocycles. The Morgan fingerprint density at radius 1 is 1.11 bits per heavy atom. The van der Waals surface area contributed by atoms with E-state index in [1.165, 1.54) is 7.11 Å². The third kappa shape index (κ3) is 6.22. The molecule has 1 atom stereocenters. The summed E-state index contributed by atoms with van der Waals surface area (Å²) in [5, 5.41) is 9.68. The van der Waals surface area contributed by atoms with E-state index in [4.69, 9.17) is 24.3 Å². The monoisotopic (exact) mass is 598 g/mol. The van der Waals surface area contributed by atoms with Gasteiger partial charge in [0.25, 0.3) is 0 Å². The van der Waals surface area contributed by atoms with E-state index in [0.29, 0.717) is 29.1 Å². The van der Waals surface area contributed by atoms with Gasteiger partial charge in [0.1, 0.15) is 11.6 Å².